The van der Waals surface area contributed by atoms with Crippen molar-refractivity contribution in [2.45, 2.75) is 13.5 Å². The van der Waals surface area contributed by atoms with Crippen LogP contribution in [0.4, 0.5) is 4.39 Å². The summed E-state index contributed by atoms with van der Waals surface area (Å²) in [6.07, 6.45) is 1.37. The van der Waals surface area contributed by atoms with Crippen molar-refractivity contribution in [2.24, 2.45) is 0 Å². The Morgan fingerprint density at radius 1 is 1.47 bits per heavy atom. The highest BCUT2D eigenvalue weighted by Gasteiger charge is 2.11. The molecule has 0 saturated heterocycles. The van der Waals surface area contributed by atoms with E-state index in [2.05, 4.69) is 10.3 Å². The lowest BCUT2D eigenvalue weighted by molar-refractivity contribution is 0.569. The topological polar surface area (TPSA) is 38.1 Å². The summed E-state index contributed by atoms with van der Waals surface area (Å²) in [5.41, 5.74) is 1.51. The van der Waals surface area contributed by atoms with E-state index >= 15 is 0 Å². The Labute approximate surface area is 104 Å². The fourth-order valence-electron chi connectivity index (χ4n) is 1.51. The molecular weight excluding hydrogens is 243 g/mol. The van der Waals surface area contributed by atoms with Crippen molar-refractivity contribution in [3.8, 4) is 11.3 Å². The van der Waals surface area contributed by atoms with Gasteiger partial charge in [-0.25, -0.2) is 9.37 Å². The van der Waals surface area contributed by atoms with Gasteiger partial charge in [0.25, 0.3) is 0 Å². The van der Waals surface area contributed by atoms with E-state index in [1.165, 1.54) is 18.5 Å². The van der Waals surface area contributed by atoms with Crippen LogP contribution >= 0.6 is 11.6 Å². The fourth-order valence-corrected chi connectivity index (χ4v) is 1.69. The summed E-state index contributed by atoms with van der Waals surface area (Å²) in [7, 11) is 0. The van der Waals surface area contributed by atoms with Crippen molar-refractivity contribution in [3.05, 3.63) is 41.1 Å². The first kappa shape index (κ1) is 12.1. The molecule has 0 aliphatic carbocycles. The van der Waals surface area contributed by atoms with Crippen LogP contribution in [0.15, 0.2) is 29.0 Å². The van der Waals surface area contributed by atoms with Crippen LogP contribution in [0.3, 0.4) is 0 Å². The Hall–Kier alpha value is -1.39. The smallest absolute Gasteiger partial charge is 0.181 e. The molecule has 90 valence electrons. The summed E-state index contributed by atoms with van der Waals surface area (Å²) in [6, 6.07) is 4.47. The molecule has 0 spiro atoms. The third-order valence-corrected chi connectivity index (χ3v) is 2.66. The van der Waals surface area contributed by atoms with Crippen molar-refractivity contribution >= 4 is 11.6 Å². The molecule has 0 radical (unpaired) electrons. The summed E-state index contributed by atoms with van der Waals surface area (Å²) in [5.74, 6) is 0.177. The van der Waals surface area contributed by atoms with Gasteiger partial charge in [0.15, 0.2) is 12.2 Å². The van der Waals surface area contributed by atoms with Crippen LogP contribution < -0.4 is 5.32 Å². The summed E-state index contributed by atoms with van der Waals surface area (Å²) in [5, 5.41) is 3.23. The van der Waals surface area contributed by atoms with Crippen LogP contribution in [0.1, 0.15) is 12.6 Å². The van der Waals surface area contributed by atoms with Crippen LogP contribution in [0.25, 0.3) is 11.3 Å². The van der Waals surface area contributed by atoms with Gasteiger partial charge < -0.3 is 9.73 Å². The van der Waals surface area contributed by atoms with Gasteiger partial charge >= 0.3 is 0 Å². The predicted molar refractivity (Wildman–Crippen MR) is 64.3 cm³/mol. The molecule has 0 aliphatic rings. The van der Waals surface area contributed by atoms with Gasteiger partial charge in [0, 0.05) is 12.1 Å². The molecule has 17 heavy (non-hydrogen) atoms. The highest BCUT2D eigenvalue weighted by atomic mass is 35.5. The van der Waals surface area contributed by atoms with E-state index in [-0.39, 0.29) is 5.02 Å². The maximum Gasteiger partial charge on any atom is 0.181 e. The first-order valence-electron chi connectivity index (χ1n) is 5.31. The molecule has 5 heteroatoms. The molecule has 0 saturated carbocycles. The zero-order valence-electron chi connectivity index (χ0n) is 9.34. The molecule has 0 unspecified atom stereocenters. The largest absolute Gasteiger partial charge is 0.443 e. The SMILES string of the molecule is CCNCc1ncoc1-c1ccc(F)c(Cl)c1. The second-order valence-corrected chi connectivity index (χ2v) is 3.94. The van der Waals surface area contributed by atoms with Crippen LogP contribution in [-0.2, 0) is 6.54 Å². The van der Waals surface area contributed by atoms with Gasteiger partial charge in [-0.2, -0.15) is 0 Å². The number of hydrogen-bond donors (Lipinski definition) is 1. The number of halogens is 2. The monoisotopic (exact) mass is 254 g/mol. The first-order chi connectivity index (χ1) is 8.22. The lowest BCUT2D eigenvalue weighted by Crippen LogP contribution is -2.12. The number of benzene rings is 1. The van der Waals surface area contributed by atoms with Crippen LogP contribution in [0.5, 0.6) is 0 Å². The molecule has 0 fully saturated rings. The molecular formula is C12H12ClFN2O. The molecule has 3 nitrogen and oxygen atoms in total. The molecule has 1 N–H and O–H groups in total. The Kier molecular flexibility index (Phi) is 3.76. The van der Waals surface area contributed by atoms with E-state index in [1.54, 1.807) is 6.07 Å². The fraction of sp³-hybridized carbons (Fsp3) is 0.250. The molecule has 1 aromatic heterocycles. The third kappa shape index (κ3) is 2.65. The van der Waals surface area contributed by atoms with E-state index < -0.39 is 5.82 Å². The van der Waals surface area contributed by atoms with Crippen molar-refractivity contribution in [1.82, 2.24) is 10.3 Å². The Bertz CT molecular complexity index is 513. The molecule has 1 aromatic carbocycles. The van der Waals surface area contributed by atoms with Gasteiger partial charge in [0.1, 0.15) is 11.5 Å². The predicted octanol–water partition coefficient (Wildman–Crippen LogP) is 3.24. The molecule has 2 aromatic rings. The lowest BCUT2D eigenvalue weighted by Gasteiger charge is -2.03. The summed E-state index contributed by atoms with van der Waals surface area (Å²) < 4.78 is 18.4. The average molecular weight is 255 g/mol. The van der Waals surface area contributed by atoms with E-state index in [0.717, 1.165) is 17.8 Å². The maximum absolute atomic E-state index is 13.1. The van der Waals surface area contributed by atoms with Gasteiger partial charge in [-0.05, 0) is 24.7 Å². The van der Waals surface area contributed by atoms with E-state index in [1.807, 2.05) is 6.92 Å². The molecule has 0 atom stereocenters. The van der Waals surface area contributed by atoms with Crippen molar-refractivity contribution < 1.29 is 8.81 Å². The van der Waals surface area contributed by atoms with Crippen LogP contribution in [-0.4, -0.2) is 11.5 Å². The zero-order valence-corrected chi connectivity index (χ0v) is 10.1. The number of nitrogens with one attached hydrogen (secondary N) is 1. The van der Waals surface area contributed by atoms with Crippen molar-refractivity contribution in [2.75, 3.05) is 6.54 Å². The molecule has 2 rings (SSSR count). The van der Waals surface area contributed by atoms with Gasteiger partial charge in [-0.15, -0.1) is 0 Å². The Morgan fingerprint density at radius 2 is 2.29 bits per heavy atom. The van der Waals surface area contributed by atoms with Crippen LogP contribution in [0.2, 0.25) is 5.02 Å². The van der Waals surface area contributed by atoms with Gasteiger partial charge in [-0.1, -0.05) is 18.5 Å². The lowest BCUT2D eigenvalue weighted by atomic mass is 10.1. The summed E-state index contributed by atoms with van der Waals surface area (Å²) in [4.78, 5) is 4.12. The quantitative estimate of drug-likeness (QED) is 0.910. The van der Waals surface area contributed by atoms with E-state index in [9.17, 15) is 4.39 Å². The van der Waals surface area contributed by atoms with Crippen LogP contribution in [0, 0.1) is 5.82 Å². The normalized spacial score (nSPS) is 10.8. The minimum Gasteiger partial charge on any atom is -0.443 e. The number of nitrogens with zero attached hydrogens (tertiary/aromatic N) is 1. The summed E-state index contributed by atoms with van der Waals surface area (Å²) >= 11 is 5.73. The molecule has 0 amide bonds. The number of rotatable bonds is 4. The number of aromatic nitrogens is 1. The zero-order chi connectivity index (χ0) is 12.3. The second-order valence-electron chi connectivity index (χ2n) is 3.54. The second kappa shape index (κ2) is 5.29. The average Bonchev–Trinajstić information content (AvgIpc) is 2.78. The first-order valence-corrected chi connectivity index (χ1v) is 5.68. The third-order valence-electron chi connectivity index (χ3n) is 2.37. The molecule has 0 bridgehead atoms. The van der Waals surface area contributed by atoms with Crippen molar-refractivity contribution in [3.63, 3.8) is 0 Å². The molecule has 0 aliphatic heterocycles. The van der Waals surface area contributed by atoms with E-state index in [0.29, 0.717) is 12.3 Å². The van der Waals surface area contributed by atoms with Crippen molar-refractivity contribution in [1.29, 1.82) is 0 Å². The number of oxazole rings is 1. The summed E-state index contributed by atoms with van der Waals surface area (Å²) in [6.45, 7) is 3.46. The van der Waals surface area contributed by atoms with E-state index in [4.69, 9.17) is 16.0 Å². The minimum absolute atomic E-state index is 0.0771. The number of hydrogen-bond acceptors (Lipinski definition) is 3. The van der Waals surface area contributed by atoms with Gasteiger partial charge in [-0.3, -0.25) is 0 Å². The van der Waals surface area contributed by atoms with Gasteiger partial charge in [0.2, 0.25) is 0 Å². The minimum atomic E-state index is -0.442. The molecule has 1 heterocycles. The maximum atomic E-state index is 13.1. The Balaban J connectivity index is 2.32. The van der Waals surface area contributed by atoms with Gasteiger partial charge in [0.05, 0.1) is 5.02 Å². The highest BCUT2D eigenvalue weighted by Crippen LogP contribution is 2.27. The Morgan fingerprint density at radius 3 is 3.00 bits per heavy atom. The highest BCUT2D eigenvalue weighted by molar-refractivity contribution is 6.31. The standard InChI is InChI=1S/C12H12ClFN2O/c1-2-15-6-11-12(17-7-16-11)8-3-4-10(14)9(13)5-8/h3-5,7,15H,2,6H2,1H3.